The van der Waals surface area contributed by atoms with Crippen LogP contribution in [0.15, 0.2) is 36.5 Å². The molecule has 3 nitrogen and oxygen atoms in total. The Hall–Kier alpha value is -0.991. The van der Waals surface area contributed by atoms with Gasteiger partial charge in [0, 0.05) is 0 Å². The molecule has 4 rings (SSSR count). The summed E-state index contributed by atoms with van der Waals surface area (Å²) < 4.78 is 0. The number of nitrogens with zero attached hydrogens (tertiary/aromatic N) is 2. The van der Waals surface area contributed by atoms with Gasteiger partial charge in [-0.1, -0.05) is 0 Å². The number of rotatable bonds is 1. The summed E-state index contributed by atoms with van der Waals surface area (Å²) in [6, 6.07) is 10.0. The Morgan fingerprint density at radius 2 is 1.81 bits per heavy atom. The maximum absolute atomic E-state index is 12.7. The molecule has 0 N–H and O–H groups in total. The van der Waals surface area contributed by atoms with Gasteiger partial charge in [0.05, 0.1) is 0 Å². The molecule has 2 atom stereocenters. The zero-order valence-electron chi connectivity index (χ0n) is 11.7. The van der Waals surface area contributed by atoms with Crippen molar-refractivity contribution >= 4 is 32.0 Å². The number of fused-ring (bicyclic) bond motifs is 4. The van der Waals surface area contributed by atoms with E-state index in [0.717, 1.165) is 22.6 Å². The van der Waals surface area contributed by atoms with Gasteiger partial charge in [-0.25, -0.2) is 0 Å². The molecular weight excluding hydrogens is 394 g/mol. The molecule has 1 aromatic heterocycles. The summed E-state index contributed by atoms with van der Waals surface area (Å²) in [6.07, 6.45) is 1.76. The van der Waals surface area contributed by atoms with Crippen molar-refractivity contribution in [3.63, 3.8) is 0 Å². The number of benzene rings is 1. The minimum absolute atomic E-state index is 0.0758. The van der Waals surface area contributed by atoms with Gasteiger partial charge in [0.15, 0.2) is 0 Å². The molecule has 0 amide bonds. The molecule has 2 aliphatic rings. The Kier molecular flexibility index (Phi) is 3.09. The molecule has 1 saturated heterocycles. The summed E-state index contributed by atoms with van der Waals surface area (Å²) in [4.78, 5) is 22.6. The van der Waals surface area contributed by atoms with Gasteiger partial charge in [0.2, 0.25) is 0 Å². The first kappa shape index (κ1) is 13.7. The van der Waals surface area contributed by atoms with E-state index in [9.17, 15) is 4.79 Å². The quantitative estimate of drug-likeness (QED) is 0.682. The van der Waals surface area contributed by atoms with Gasteiger partial charge in [-0.05, 0) is 0 Å². The molecule has 1 fully saturated rings. The second kappa shape index (κ2) is 4.75. The van der Waals surface area contributed by atoms with Gasteiger partial charge in [0.25, 0.3) is 0 Å². The first-order valence-electron chi connectivity index (χ1n) is 6.88. The van der Waals surface area contributed by atoms with E-state index >= 15 is 0 Å². The summed E-state index contributed by atoms with van der Waals surface area (Å²) in [5.41, 5.74) is 2.88. The molecule has 1 aromatic carbocycles. The Morgan fingerprint density at radius 1 is 1.10 bits per heavy atom. The van der Waals surface area contributed by atoms with E-state index in [0.29, 0.717) is 31.1 Å². The number of Topliss-reactive ketones (excluding diaryl/α,β-unsaturated/α-hetero) is 1. The van der Waals surface area contributed by atoms with Crippen LogP contribution in [0.1, 0.15) is 34.7 Å². The fourth-order valence-corrected chi connectivity index (χ4v) is 16.2. The second-order valence-electron chi connectivity index (χ2n) is 6.00. The molecule has 1 aliphatic heterocycles. The summed E-state index contributed by atoms with van der Waals surface area (Å²) in [5.74, 6) is 1.02. The third kappa shape index (κ3) is 1.96. The molecule has 0 spiro atoms. The molecule has 2 bridgehead atoms. The van der Waals surface area contributed by atoms with Crippen LogP contribution in [-0.2, 0) is 0 Å². The van der Waals surface area contributed by atoms with Crippen LogP contribution in [0.2, 0.25) is 4.82 Å². The van der Waals surface area contributed by atoms with Gasteiger partial charge >= 0.3 is 135 Å². The van der Waals surface area contributed by atoms with E-state index in [4.69, 9.17) is 4.98 Å². The summed E-state index contributed by atoms with van der Waals surface area (Å²) in [5, 5.41) is 0. The van der Waals surface area contributed by atoms with Crippen LogP contribution in [-0.4, -0.2) is 42.0 Å². The Balaban J connectivity index is 1.88. The Bertz CT molecular complexity index is 730. The number of hydrogen-bond donors (Lipinski definition) is 0. The number of carbonyl (C=O) groups is 1. The normalized spacial score (nSPS) is 25.7. The van der Waals surface area contributed by atoms with E-state index in [-0.39, 0.29) is 16.0 Å². The van der Waals surface area contributed by atoms with E-state index in [1.807, 2.05) is 30.3 Å². The average Bonchev–Trinajstić information content (AvgIpc) is 2.71. The van der Waals surface area contributed by atoms with Gasteiger partial charge in [0.1, 0.15) is 0 Å². The molecule has 21 heavy (non-hydrogen) atoms. The molecule has 2 aromatic rings. The first-order valence-corrected chi connectivity index (χ1v) is 13.2. The Morgan fingerprint density at radius 3 is 2.57 bits per heavy atom. The van der Waals surface area contributed by atoms with Crippen LogP contribution >= 0.6 is 0 Å². The number of aromatic nitrogens is 2. The van der Waals surface area contributed by atoms with Crippen LogP contribution < -0.4 is 0 Å². The summed E-state index contributed by atoms with van der Waals surface area (Å²) in [6.45, 7) is 4.48. The average molecular weight is 408 g/mol. The zero-order chi connectivity index (χ0) is 14.6. The number of carbonyl (C=O) groups excluding carboxylic acids is 1. The first-order chi connectivity index (χ1) is 10.1. The number of hydrogen-bond acceptors (Lipinski definition) is 3. The van der Waals surface area contributed by atoms with Gasteiger partial charge < -0.3 is 0 Å². The van der Waals surface area contributed by atoms with Crippen LogP contribution in [0.3, 0.4) is 0 Å². The van der Waals surface area contributed by atoms with Gasteiger partial charge in [-0.2, -0.15) is 0 Å². The van der Waals surface area contributed by atoms with E-state index in [1.165, 1.54) is 0 Å². The van der Waals surface area contributed by atoms with Crippen molar-refractivity contribution in [3.05, 3.63) is 47.8 Å². The maximum atomic E-state index is 12.7. The van der Waals surface area contributed by atoms with Crippen molar-refractivity contribution in [1.29, 1.82) is 0 Å². The Labute approximate surface area is 134 Å². The molecular formula is C16H14N2OSe2. The summed E-state index contributed by atoms with van der Waals surface area (Å²) in [7, 11) is 0. The predicted molar refractivity (Wildman–Crippen MR) is 83.6 cm³/mol. The molecule has 0 radical (unpaired) electrons. The van der Waals surface area contributed by atoms with Crippen molar-refractivity contribution in [1.82, 2.24) is 9.97 Å². The molecule has 0 saturated carbocycles. The topological polar surface area (TPSA) is 42.9 Å². The fourth-order valence-electron chi connectivity index (χ4n) is 2.93. The van der Waals surface area contributed by atoms with Crippen molar-refractivity contribution in [2.75, 3.05) is 0 Å². The van der Waals surface area contributed by atoms with Crippen molar-refractivity contribution < 1.29 is 4.79 Å². The molecule has 2 heterocycles. The molecule has 5 heteroatoms. The van der Waals surface area contributed by atoms with Crippen LogP contribution in [0.4, 0.5) is 0 Å². The second-order valence-corrected chi connectivity index (χ2v) is 13.0. The molecule has 1 aliphatic carbocycles. The third-order valence-corrected chi connectivity index (χ3v) is 14.1. The molecule has 106 valence electrons. The SMILES string of the molecule is CC1(C)C2[Se][Se]C1c1nc(-c3ccccc3)ncc1C2=O. The van der Waals surface area contributed by atoms with Crippen molar-refractivity contribution in [3.8, 4) is 11.4 Å². The van der Waals surface area contributed by atoms with Crippen molar-refractivity contribution in [2.45, 2.75) is 23.5 Å². The van der Waals surface area contributed by atoms with Crippen LogP contribution in [0.5, 0.6) is 0 Å². The third-order valence-electron chi connectivity index (χ3n) is 4.20. The monoisotopic (exact) mass is 410 g/mol. The van der Waals surface area contributed by atoms with E-state index in [2.05, 4.69) is 18.8 Å². The standard InChI is InChI=1S/C16H14N2OSe2/c1-16(2)13-11-10(12(19)14(16)21-20-13)8-17-15(18-11)9-6-4-3-5-7-9/h3-8,13-14H,1-2H3. The van der Waals surface area contributed by atoms with E-state index < -0.39 is 0 Å². The van der Waals surface area contributed by atoms with Crippen molar-refractivity contribution in [2.24, 2.45) is 5.41 Å². The van der Waals surface area contributed by atoms with E-state index in [1.54, 1.807) is 6.20 Å². The molecule has 2 unspecified atom stereocenters. The van der Waals surface area contributed by atoms with Crippen LogP contribution in [0, 0.1) is 5.41 Å². The van der Waals surface area contributed by atoms with Gasteiger partial charge in [-0.15, -0.1) is 0 Å². The zero-order valence-corrected chi connectivity index (χ0v) is 15.2. The van der Waals surface area contributed by atoms with Gasteiger partial charge in [-0.3, -0.25) is 0 Å². The number of ketones is 1. The fraction of sp³-hybridized carbons (Fsp3) is 0.312. The predicted octanol–water partition coefficient (Wildman–Crippen LogP) is 2.53. The minimum atomic E-state index is 0.0758. The summed E-state index contributed by atoms with van der Waals surface area (Å²) >= 11 is 0.969. The van der Waals surface area contributed by atoms with Crippen LogP contribution in [0.25, 0.3) is 11.4 Å².